The minimum atomic E-state index is -1.25. The van der Waals surface area contributed by atoms with Crippen LogP contribution in [-0.2, 0) is 13.0 Å². The van der Waals surface area contributed by atoms with Crippen molar-refractivity contribution in [3.8, 4) is 28.4 Å². The molecule has 0 amide bonds. The highest BCUT2D eigenvalue weighted by Crippen LogP contribution is 2.44. The Bertz CT molecular complexity index is 1520. The molecule has 6 rings (SSSR count). The summed E-state index contributed by atoms with van der Waals surface area (Å²) in [5.74, 6) is -0.305. The van der Waals surface area contributed by atoms with Gasteiger partial charge in [-0.2, -0.15) is 0 Å². The molecular formula is C25H19FN2O6. The lowest BCUT2D eigenvalue weighted by atomic mass is 10.00. The number of nitrogens with zero attached hydrogens (tertiary/aromatic N) is 1. The van der Waals surface area contributed by atoms with E-state index in [4.69, 9.17) is 14.2 Å². The molecule has 0 spiro atoms. The van der Waals surface area contributed by atoms with Crippen LogP contribution in [-0.4, -0.2) is 39.9 Å². The summed E-state index contributed by atoms with van der Waals surface area (Å²) in [7, 11) is 0. The van der Waals surface area contributed by atoms with Crippen molar-refractivity contribution < 1.29 is 28.5 Å². The topological polar surface area (TPSA) is 103 Å². The monoisotopic (exact) mass is 462 g/mol. The molecule has 2 aliphatic rings. The van der Waals surface area contributed by atoms with Crippen LogP contribution in [0.25, 0.3) is 22.0 Å². The molecule has 0 fully saturated rings. The van der Waals surface area contributed by atoms with E-state index < -0.39 is 23.4 Å². The van der Waals surface area contributed by atoms with E-state index in [-0.39, 0.29) is 42.3 Å². The summed E-state index contributed by atoms with van der Waals surface area (Å²) in [6.45, 7) is 0.524. The molecule has 0 bridgehead atoms. The molecule has 2 aromatic carbocycles. The SMILES string of the molecule is O=C(O)c1c(-c2ccc[nH]c2=O)c2c3c(c(F)cc2n1CC1COc2ccccc2O1)CCO3. The van der Waals surface area contributed by atoms with E-state index in [9.17, 15) is 14.7 Å². The number of nitrogens with one attached hydrogen (secondary N) is 1. The van der Waals surface area contributed by atoms with E-state index in [1.807, 2.05) is 12.1 Å². The quantitative estimate of drug-likeness (QED) is 0.480. The molecule has 0 saturated carbocycles. The molecule has 0 radical (unpaired) electrons. The fraction of sp³-hybridized carbons (Fsp3) is 0.200. The number of fused-ring (bicyclic) bond motifs is 4. The van der Waals surface area contributed by atoms with Crippen molar-refractivity contribution in [3.63, 3.8) is 0 Å². The number of ether oxygens (including phenoxy) is 3. The first kappa shape index (κ1) is 20.3. The molecule has 9 heteroatoms. The minimum absolute atomic E-state index is 0.0649. The maximum Gasteiger partial charge on any atom is 0.353 e. The molecule has 4 aromatic rings. The number of carboxylic acid groups (broad SMARTS) is 1. The smallest absolute Gasteiger partial charge is 0.353 e. The maximum absolute atomic E-state index is 15.0. The Balaban J connectivity index is 1.60. The fourth-order valence-electron chi connectivity index (χ4n) is 4.78. The van der Waals surface area contributed by atoms with Gasteiger partial charge in [-0.3, -0.25) is 4.79 Å². The first-order chi connectivity index (χ1) is 16.5. The molecule has 0 aliphatic carbocycles. The van der Waals surface area contributed by atoms with Crippen LogP contribution >= 0.6 is 0 Å². The molecule has 2 aromatic heterocycles. The summed E-state index contributed by atoms with van der Waals surface area (Å²) in [6.07, 6.45) is 1.30. The lowest BCUT2D eigenvalue weighted by Crippen LogP contribution is -2.34. The Hall–Kier alpha value is -4.27. The van der Waals surface area contributed by atoms with Crippen molar-refractivity contribution in [2.45, 2.75) is 19.1 Å². The summed E-state index contributed by atoms with van der Waals surface area (Å²) in [5, 5.41) is 10.7. The number of H-pyrrole nitrogens is 1. The molecule has 172 valence electrons. The molecule has 0 saturated heterocycles. The van der Waals surface area contributed by atoms with Gasteiger partial charge in [0.25, 0.3) is 5.56 Å². The predicted molar refractivity (Wildman–Crippen MR) is 120 cm³/mol. The van der Waals surface area contributed by atoms with E-state index in [1.54, 1.807) is 24.3 Å². The number of benzene rings is 2. The van der Waals surface area contributed by atoms with Gasteiger partial charge in [0.15, 0.2) is 17.6 Å². The van der Waals surface area contributed by atoms with Gasteiger partial charge in [-0.05, 0) is 30.3 Å². The Morgan fingerprint density at radius 2 is 2.00 bits per heavy atom. The zero-order valence-electron chi connectivity index (χ0n) is 17.8. The van der Waals surface area contributed by atoms with Crippen molar-refractivity contribution in [2.75, 3.05) is 13.2 Å². The highest BCUT2D eigenvalue weighted by atomic mass is 19.1. The number of rotatable bonds is 4. The number of aromatic nitrogens is 2. The first-order valence-corrected chi connectivity index (χ1v) is 10.8. The van der Waals surface area contributed by atoms with Crippen LogP contribution < -0.4 is 19.8 Å². The minimum Gasteiger partial charge on any atom is -0.492 e. The van der Waals surface area contributed by atoms with Crippen molar-refractivity contribution in [3.05, 3.63) is 76.1 Å². The third kappa shape index (κ3) is 3.04. The van der Waals surface area contributed by atoms with Gasteiger partial charge in [-0.1, -0.05) is 12.1 Å². The number of aromatic amines is 1. The average Bonchev–Trinajstić information content (AvgIpc) is 3.43. The van der Waals surface area contributed by atoms with Crippen molar-refractivity contribution in [1.82, 2.24) is 9.55 Å². The molecular weight excluding hydrogens is 443 g/mol. The fourth-order valence-corrected chi connectivity index (χ4v) is 4.78. The predicted octanol–water partition coefficient (Wildman–Crippen LogP) is 3.61. The van der Waals surface area contributed by atoms with Gasteiger partial charge in [-0.25, -0.2) is 9.18 Å². The second-order valence-electron chi connectivity index (χ2n) is 8.21. The zero-order chi connectivity index (χ0) is 23.4. The first-order valence-electron chi connectivity index (χ1n) is 10.8. The number of carboxylic acids is 1. The lowest BCUT2D eigenvalue weighted by molar-refractivity contribution is 0.0656. The van der Waals surface area contributed by atoms with Crippen molar-refractivity contribution in [2.24, 2.45) is 0 Å². The molecule has 2 aliphatic heterocycles. The van der Waals surface area contributed by atoms with Gasteiger partial charge < -0.3 is 28.9 Å². The largest absolute Gasteiger partial charge is 0.492 e. The van der Waals surface area contributed by atoms with E-state index in [0.717, 1.165) is 0 Å². The van der Waals surface area contributed by atoms with Crippen LogP contribution in [0.15, 0.2) is 53.5 Å². The van der Waals surface area contributed by atoms with Crippen molar-refractivity contribution in [1.29, 1.82) is 0 Å². The molecule has 8 nitrogen and oxygen atoms in total. The number of aromatic carboxylic acids is 1. The summed E-state index contributed by atoms with van der Waals surface area (Å²) in [4.78, 5) is 27.9. The Morgan fingerprint density at radius 3 is 2.79 bits per heavy atom. The van der Waals surface area contributed by atoms with Crippen LogP contribution in [0, 0.1) is 5.82 Å². The Labute approximate surface area is 192 Å². The van der Waals surface area contributed by atoms with Crippen molar-refractivity contribution >= 4 is 16.9 Å². The number of pyridine rings is 1. The van der Waals surface area contributed by atoms with Crippen LogP contribution in [0.5, 0.6) is 17.2 Å². The van der Waals surface area contributed by atoms with Crippen LogP contribution in [0.4, 0.5) is 4.39 Å². The summed E-state index contributed by atoms with van der Waals surface area (Å²) >= 11 is 0. The normalized spacial score (nSPS) is 16.3. The second kappa shape index (κ2) is 7.65. The second-order valence-corrected chi connectivity index (χ2v) is 8.21. The number of para-hydroxylation sites is 2. The molecule has 34 heavy (non-hydrogen) atoms. The van der Waals surface area contributed by atoms with E-state index in [1.165, 1.54) is 16.8 Å². The number of halogens is 1. The highest BCUT2D eigenvalue weighted by molar-refractivity contribution is 6.11. The van der Waals surface area contributed by atoms with Crippen LogP contribution in [0.3, 0.4) is 0 Å². The standard InChI is InChI=1S/C25H19FN2O6/c26-16-10-17-21(23-14(16)7-9-32-23)20(15-4-3-8-27-24(15)29)22(25(30)31)28(17)11-13-12-33-18-5-1-2-6-19(18)34-13/h1-6,8,10,13H,7,9,11-12H2,(H,27,29)(H,30,31). The molecule has 1 atom stereocenters. The molecule has 2 N–H and O–H groups in total. The van der Waals surface area contributed by atoms with Gasteiger partial charge in [0, 0.05) is 23.7 Å². The molecule has 4 heterocycles. The maximum atomic E-state index is 15.0. The zero-order valence-corrected chi connectivity index (χ0v) is 17.8. The summed E-state index contributed by atoms with van der Waals surface area (Å²) < 4.78 is 34.1. The average molecular weight is 462 g/mol. The van der Waals surface area contributed by atoms with Gasteiger partial charge in [-0.15, -0.1) is 0 Å². The van der Waals surface area contributed by atoms with Gasteiger partial charge in [0.05, 0.1) is 29.6 Å². The van der Waals surface area contributed by atoms with E-state index >= 15 is 4.39 Å². The third-order valence-corrected chi connectivity index (χ3v) is 6.20. The van der Waals surface area contributed by atoms with E-state index in [0.29, 0.717) is 34.4 Å². The number of hydrogen-bond acceptors (Lipinski definition) is 5. The van der Waals surface area contributed by atoms with Gasteiger partial charge in [0.1, 0.15) is 23.9 Å². The summed E-state index contributed by atoms with van der Waals surface area (Å²) in [5.41, 5.74) is 0.458. The Morgan fingerprint density at radius 1 is 1.18 bits per heavy atom. The highest BCUT2D eigenvalue weighted by Gasteiger charge is 2.33. The van der Waals surface area contributed by atoms with E-state index in [2.05, 4.69) is 4.98 Å². The van der Waals surface area contributed by atoms with Crippen LogP contribution in [0.1, 0.15) is 16.1 Å². The van der Waals surface area contributed by atoms with Gasteiger partial charge >= 0.3 is 5.97 Å². The number of hydrogen-bond donors (Lipinski definition) is 2. The number of carbonyl (C=O) groups is 1. The van der Waals surface area contributed by atoms with Gasteiger partial charge in [0.2, 0.25) is 0 Å². The lowest BCUT2D eigenvalue weighted by Gasteiger charge is -2.27. The Kier molecular flexibility index (Phi) is 4.58. The molecule has 1 unspecified atom stereocenters. The summed E-state index contributed by atoms with van der Waals surface area (Å²) in [6, 6.07) is 11.7. The third-order valence-electron chi connectivity index (χ3n) is 6.20. The van der Waals surface area contributed by atoms with Crippen LogP contribution in [0.2, 0.25) is 0 Å².